The maximum absolute atomic E-state index is 11.1. The lowest BCUT2D eigenvalue weighted by atomic mass is 10.3. The van der Waals surface area contributed by atoms with Gasteiger partial charge in [-0.1, -0.05) is 11.9 Å². The molecule has 5 heteroatoms. The standard InChI is InChI=1S/C8H11NO2S2/c1-5-6(4-12-9)3-7(13-5)8(10)11-2/h3H,4,9H2,1-2H3. The predicted molar refractivity (Wildman–Crippen MR) is 55.9 cm³/mol. The molecule has 0 aromatic carbocycles. The Kier molecular flexibility index (Phi) is 3.77. The number of aryl methyl sites for hydroxylation is 1. The van der Waals surface area contributed by atoms with Crippen molar-refractivity contribution in [3.05, 3.63) is 21.4 Å². The molecule has 0 amide bonds. The Morgan fingerprint density at radius 1 is 1.77 bits per heavy atom. The van der Waals surface area contributed by atoms with Gasteiger partial charge in [0.15, 0.2) is 0 Å². The molecule has 0 unspecified atom stereocenters. The normalized spacial score (nSPS) is 10.1. The van der Waals surface area contributed by atoms with Gasteiger partial charge in [0.2, 0.25) is 0 Å². The summed E-state index contributed by atoms with van der Waals surface area (Å²) >= 11 is 2.70. The maximum atomic E-state index is 11.1. The van der Waals surface area contributed by atoms with E-state index in [1.165, 1.54) is 30.4 Å². The van der Waals surface area contributed by atoms with Gasteiger partial charge in [-0.05, 0) is 18.6 Å². The van der Waals surface area contributed by atoms with Crippen LogP contribution in [0.15, 0.2) is 6.07 Å². The van der Waals surface area contributed by atoms with E-state index in [9.17, 15) is 4.79 Å². The molecule has 0 aliphatic rings. The quantitative estimate of drug-likeness (QED) is 0.621. The molecule has 0 radical (unpaired) electrons. The van der Waals surface area contributed by atoms with Gasteiger partial charge in [0.25, 0.3) is 0 Å². The average Bonchev–Trinajstić information content (AvgIpc) is 2.47. The van der Waals surface area contributed by atoms with Crippen molar-refractivity contribution in [3.63, 3.8) is 0 Å². The lowest BCUT2D eigenvalue weighted by molar-refractivity contribution is 0.0606. The molecule has 0 aliphatic carbocycles. The third-order valence-electron chi connectivity index (χ3n) is 1.65. The highest BCUT2D eigenvalue weighted by Gasteiger charge is 2.11. The molecule has 2 N–H and O–H groups in total. The summed E-state index contributed by atoms with van der Waals surface area (Å²) in [6, 6.07) is 1.84. The van der Waals surface area contributed by atoms with E-state index in [0.717, 1.165) is 16.2 Å². The Balaban J connectivity index is 2.88. The second-order valence-corrected chi connectivity index (χ2v) is 4.37. The molecule has 0 saturated heterocycles. The van der Waals surface area contributed by atoms with Crippen molar-refractivity contribution in [2.75, 3.05) is 7.11 Å². The van der Waals surface area contributed by atoms with Crippen molar-refractivity contribution in [2.45, 2.75) is 12.7 Å². The number of methoxy groups -OCH3 is 1. The number of nitrogens with two attached hydrogens (primary N) is 1. The molecule has 0 fully saturated rings. The second-order valence-electron chi connectivity index (χ2n) is 2.49. The highest BCUT2D eigenvalue weighted by Crippen LogP contribution is 2.24. The van der Waals surface area contributed by atoms with Crippen LogP contribution in [0.5, 0.6) is 0 Å². The summed E-state index contributed by atoms with van der Waals surface area (Å²) in [7, 11) is 1.38. The summed E-state index contributed by atoms with van der Waals surface area (Å²) < 4.78 is 4.62. The summed E-state index contributed by atoms with van der Waals surface area (Å²) in [6.45, 7) is 1.97. The number of hydrogen-bond acceptors (Lipinski definition) is 5. The first-order chi connectivity index (χ1) is 6.19. The first-order valence-electron chi connectivity index (χ1n) is 3.68. The summed E-state index contributed by atoms with van der Waals surface area (Å²) in [6.07, 6.45) is 0. The minimum Gasteiger partial charge on any atom is -0.465 e. The van der Waals surface area contributed by atoms with Crippen LogP contribution >= 0.6 is 23.3 Å². The predicted octanol–water partition coefficient (Wildman–Crippen LogP) is 1.95. The number of carbonyl (C=O) groups is 1. The van der Waals surface area contributed by atoms with E-state index in [1.807, 2.05) is 13.0 Å². The highest BCUT2D eigenvalue weighted by molar-refractivity contribution is 7.96. The molecule has 3 nitrogen and oxygen atoms in total. The second kappa shape index (κ2) is 4.64. The first-order valence-corrected chi connectivity index (χ1v) is 5.55. The van der Waals surface area contributed by atoms with Crippen LogP contribution in [-0.2, 0) is 10.5 Å². The van der Waals surface area contributed by atoms with Crippen molar-refractivity contribution in [1.29, 1.82) is 0 Å². The molecular formula is C8H11NO2S2. The fourth-order valence-electron chi connectivity index (χ4n) is 0.954. The number of esters is 1. The molecule has 1 aromatic rings. The van der Waals surface area contributed by atoms with Crippen molar-refractivity contribution < 1.29 is 9.53 Å². The molecule has 1 heterocycles. The topological polar surface area (TPSA) is 52.3 Å². The van der Waals surface area contributed by atoms with Gasteiger partial charge in [-0.25, -0.2) is 4.79 Å². The molecule has 0 atom stereocenters. The zero-order chi connectivity index (χ0) is 9.84. The lowest BCUT2D eigenvalue weighted by Gasteiger charge is -1.92. The van der Waals surface area contributed by atoms with Crippen LogP contribution in [-0.4, -0.2) is 13.1 Å². The summed E-state index contributed by atoms with van der Waals surface area (Å²) in [5.74, 6) is 0.459. The summed E-state index contributed by atoms with van der Waals surface area (Å²) in [5, 5.41) is 5.35. The van der Waals surface area contributed by atoms with E-state index < -0.39 is 0 Å². The van der Waals surface area contributed by atoms with Crippen molar-refractivity contribution in [2.24, 2.45) is 5.14 Å². The molecule has 1 aromatic heterocycles. The maximum Gasteiger partial charge on any atom is 0.348 e. The monoisotopic (exact) mass is 217 g/mol. The van der Waals surface area contributed by atoms with Gasteiger partial charge in [0, 0.05) is 10.6 Å². The van der Waals surface area contributed by atoms with Gasteiger partial charge >= 0.3 is 5.97 Å². The Hall–Kier alpha value is -0.520. The van der Waals surface area contributed by atoms with E-state index in [1.54, 1.807) is 0 Å². The third-order valence-corrected chi connectivity index (χ3v) is 3.20. The Labute approximate surface area is 85.4 Å². The van der Waals surface area contributed by atoms with Crippen LogP contribution in [0, 0.1) is 6.92 Å². The van der Waals surface area contributed by atoms with Gasteiger partial charge in [-0.3, -0.25) is 5.14 Å². The first kappa shape index (κ1) is 10.6. The summed E-state index contributed by atoms with van der Waals surface area (Å²) in [5.41, 5.74) is 1.11. The van der Waals surface area contributed by atoms with E-state index in [4.69, 9.17) is 5.14 Å². The van der Waals surface area contributed by atoms with E-state index in [0.29, 0.717) is 4.88 Å². The molecule has 0 spiro atoms. The minimum absolute atomic E-state index is 0.277. The average molecular weight is 217 g/mol. The molecule has 72 valence electrons. The van der Waals surface area contributed by atoms with Gasteiger partial charge in [-0.15, -0.1) is 11.3 Å². The zero-order valence-electron chi connectivity index (χ0n) is 7.49. The Morgan fingerprint density at radius 2 is 2.46 bits per heavy atom. The minimum atomic E-state index is -0.277. The molecule has 0 bridgehead atoms. The van der Waals surface area contributed by atoms with Crippen LogP contribution in [0.25, 0.3) is 0 Å². The van der Waals surface area contributed by atoms with Crippen molar-refractivity contribution >= 4 is 29.3 Å². The van der Waals surface area contributed by atoms with Crippen LogP contribution in [0.3, 0.4) is 0 Å². The largest absolute Gasteiger partial charge is 0.465 e. The van der Waals surface area contributed by atoms with E-state index in [2.05, 4.69) is 4.74 Å². The van der Waals surface area contributed by atoms with Crippen molar-refractivity contribution in [3.8, 4) is 0 Å². The SMILES string of the molecule is COC(=O)c1cc(CSN)c(C)s1. The van der Waals surface area contributed by atoms with Gasteiger partial charge in [-0.2, -0.15) is 0 Å². The van der Waals surface area contributed by atoms with Gasteiger partial charge in [0.05, 0.1) is 7.11 Å². The van der Waals surface area contributed by atoms with Gasteiger partial charge < -0.3 is 4.74 Å². The Morgan fingerprint density at radius 3 is 3.00 bits per heavy atom. The van der Waals surface area contributed by atoms with Crippen LogP contribution < -0.4 is 5.14 Å². The van der Waals surface area contributed by atoms with E-state index in [-0.39, 0.29) is 5.97 Å². The number of rotatable bonds is 3. The molecule has 0 saturated carbocycles. The molecule has 13 heavy (non-hydrogen) atoms. The third kappa shape index (κ3) is 2.46. The summed E-state index contributed by atoms with van der Waals surface area (Å²) in [4.78, 5) is 12.9. The Bertz CT molecular complexity index is 309. The lowest BCUT2D eigenvalue weighted by Crippen LogP contribution is -1.97. The highest BCUT2D eigenvalue weighted by atomic mass is 32.2. The van der Waals surface area contributed by atoms with Crippen LogP contribution in [0.2, 0.25) is 0 Å². The van der Waals surface area contributed by atoms with Gasteiger partial charge in [0.1, 0.15) is 4.88 Å². The number of thiophene rings is 1. The van der Waals surface area contributed by atoms with Crippen LogP contribution in [0.1, 0.15) is 20.1 Å². The number of ether oxygens (including phenoxy) is 1. The molecule has 0 aliphatic heterocycles. The number of carbonyl (C=O) groups excluding carboxylic acids is 1. The molecular weight excluding hydrogens is 206 g/mol. The zero-order valence-corrected chi connectivity index (χ0v) is 9.13. The smallest absolute Gasteiger partial charge is 0.348 e. The fraction of sp³-hybridized carbons (Fsp3) is 0.375. The van der Waals surface area contributed by atoms with Crippen molar-refractivity contribution in [1.82, 2.24) is 0 Å². The fourth-order valence-corrected chi connectivity index (χ4v) is 2.48. The molecule has 1 rings (SSSR count). The number of hydrogen-bond donors (Lipinski definition) is 1. The van der Waals surface area contributed by atoms with Crippen LogP contribution in [0.4, 0.5) is 0 Å². The van der Waals surface area contributed by atoms with E-state index >= 15 is 0 Å².